The van der Waals surface area contributed by atoms with E-state index in [9.17, 15) is 0 Å². The van der Waals surface area contributed by atoms with E-state index in [1.165, 1.54) is 71.7 Å². The second kappa shape index (κ2) is 10.4. The van der Waals surface area contributed by atoms with E-state index in [0.29, 0.717) is 0 Å². The van der Waals surface area contributed by atoms with Crippen LogP contribution in [0.2, 0.25) is 0 Å². The zero-order valence-electron chi connectivity index (χ0n) is 24.7. The number of benzene rings is 8. The Labute approximate surface area is 263 Å². The van der Waals surface area contributed by atoms with Gasteiger partial charge in [-0.05, 0) is 91.0 Å². The quantitative estimate of drug-likeness (QED) is 0.199. The Kier molecular flexibility index (Phi) is 5.89. The average molecular weight is 572 g/mol. The summed E-state index contributed by atoms with van der Waals surface area (Å²) in [6.07, 6.45) is 0. The van der Waals surface area contributed by atoms with E-state index >= 15 is 0 Å². The summed E-state index contributed by atoms with van der Waals surface area (Å²) >= 11 is 0. The maximum atomic E-state index is 2.39. The van der Waals surface area contributed by atoms with Crippen molar-refractivity contribution in [3.8, 4) is 44.5 Å². The Balaban J connectivity index is 1.43. The Hall–Kier alpha value is -5.92. The van der Waals surface area contributed by atoms with Crippen molar-refractivity contribution in [3.63, 3.8) is 0 Å². The van der Waals surface area contributed by atoms with Crippen LogP contribution in [0.4, 0.5) is 17.1 Å². The molecule has 0 atom stereocenters. The van der Waals surface area contributed by atoms with Crippen LogP contribution in [0.3, 0.4) is 0 Å². The van der Waals surface area contributed by atoms with Gasteiger partial charge < -0.3 is 4.90 Å². The molecular weight excluding hydrogens is 542 g/mol. The van der Waals surface area contributed by atoms with Gasteiger partial charge in [0.2, 0.25) is 0 Å². The first-order chi connectivity index (χ1) is 22.4. The third-order valence-corrected chi connectivity index (χ3v) is 9.17. The van der Waals surface area contributed by atoms with E-state index in [-0.39, 0.29) is 0 Å². The fraction of sp³-hybridized carbons (Fsp3) is 0. The van der Waals surface area contributed by atoms with Crippen molar-refractivity contribution in [2.24, 2.45) is 0 Å². The van der Waals surface area contributed by atoms with E-state index in [4.69, 9.17) is 0 Å². The van der Waals surface area contributed by atoms with Gasteiger partial charge in [0, 0.05) is 16.8 Å². The van der Waals surface area contributed by atoms with E-state index in [0.717, 1.165) is 11.4 Å². The lowest BCUT2D eigenvalue weighted by Crippen LogP contribution is -2.10. The summed E-state index contributed by atoms with van der Waals surface area (Å²) in [5.74, 6) is 0. The highest BCUT2D eigenvalue weighted by molar-refractivity contribution is 6.29. The molecule has 0 amide bonds. The van der Waals surface area contributed by atoms with E-state index < -0.39 is 0 Å². The van der Waals surface area contributed by atoms with Crippen molar-refractivity contribution >= 4 is 38.6 Å². The maximum Gasteiger partial charge on any atom is 0.0540 e. The van der Waals surface area contributed by atoms with E-state index in [1.807, 2.05) is 0 Å². The zero-order valence-corrected chi connectivity index (χ0v) is 24.7. The number of hydrogen-bond donors (Lipinski definition) is 0. The van der Waals surface area contributed by atoms with Gasteiger partial charge in [0.05, 0.1) is 5.69 Å². The third kappa shape index (κ3) is 3.95. The molecule has 0 fully saturated rings. The van der Waals surface area contributed by atoms with E-state index in [1.54, 1.807) is 0 Å². The molecule has 1 nitrogen and oxygen atoms in total. The molecule has 0 saturated carbocycles. The molecule has 0 N–H and O–H groups in total. The number of fused-ring (bicyclic) bond motifs is 4. The zero-order chi connectivity index (χ0) is 29.7. The molecule has 0 aliphatic heterocycles. The lowest BCUT2D eigenvalue weighted by molar-refractivity contribution is 1.30. The number of nitrogens with zero attached hydrogens (tertiary/aromatic N) is 1. The average Bonchev–Trinajstić information content (AvgIpc) is 3.45. The molecule has 8 aromatic rings. The minimum Gasteiger partial charge on any atom is -0.310 e. The summed E-state index contributed by atoms with van der Waals surface area (Å²) in [5, 5.41) is 5.12. The summed E-state index contributed by atoms with van der Waals surface area (Å²) in [7, 11) is 0. The van der Waals surface area contributed by atoms with Gasteiger partial charge in [0.15, 0.2) is 0 Å². The molecule has 0 spiro atoms. The minimum atomic E-state index is 1.14. The van der Waals surface area contributed by atoms with Gasteiger partial charge in [-0.25, -0.2) is 0 Å². The van der Waals surface area contributed by atoms with Crippen molar-refractivity contribution in [2.45, 2.75) is 0 Å². The Morgan fingerprint density at radius 2 is 0.711 bits per heavy atom. The van der Waals surface area contributed by atoms with Crippen LogP contribution in [0.25, 0.3) is 66.1 Å². The van der Waals surface area contributed by atoms with E-state index in [2.05, 4.69) is 181 Å². The molecule has 45 heavy (non-hydrogen) atoms. The topological polar surface area (TPSA) is 3.24 Å². The summed E-state index contributed by atoms with van der Waals surface area (Å²) in [5.41, 5.74) is 13.8. The van der Waals surface area contributed by atoms with Crippen LogP contribution < -0.4 is 4.90 Å². The predicted molar refractivity (Wildman–Crippen MR) is 191 cm³/mol. The first-order valence-corrected chi connectivity index (χ1v) is 15.5. The maximum absolute atomic E-state index is 2.39. The largest absolute Gasteiger partial charge is 0.310 e. The van der Waals surface area contributed by atoms with Crippen molar-refractivity contribution in [1.82, 2.24) is 0 Å². The number of hydrogen-bond acceptors (Lipinski definition) is 1. The van der Waals surface area contributed by atoms with Crippen LogP contribution >= 0.6 is 0 Å². The van der Waals surface area contributed by atoms with Gasteiger partial charge in [-0.3, -0.25) is 0 Å². The molecule has 0 radical (unpaired) electrons. The van der Waals surface area contributed by atoms with Crippen LogP contribution in [0, 0.1) is 0 Å². The second-order valence-electron chi connectivity index (χ2n) is 11.6. The molecular formula is C44H29N. The molecule has 0 heterocycles. The molecule has 0 saturated heterocycles. The summed E-state index contributed by atoms with van der Waals surface area (Å²) in [6.45, 7) is 0. The fourth-order valence-corrected chi connectivity index (χ4v) is 7.37. The fourth-order valence-electron chi connectivity index (χ4n) is 7.37. The molecule has 1 aliphatic carbocycles. The van der Waals surface area contributed by atoms with Gasteiger partial charge >= 0.3 is 0 Å². The van der Waals surface area contributed by atoms with Gasteiger partial charge in [-0.2, -0.15) is 0 Å². The molecule has 0 unspecified atom stereocenters. The molecule has 9 rings (SSSR count). The highest BCUT2D eigenvalue weighted by Crippen LogP contribution is 2.59. The second-order valence-corrected chi connectivity index (χ2v) is 11.6. The molecule has 0 aromatic heterocycles. The number of para-hydroxylation sites is 2. The summed E-state index contributed by atoms with van der Waals surface area (Å²) in [4.78, 5) is 2.39. The third-order valence-electron chi connectivity index (χ3n) is 9.17. The molecule has 1 aliphatic rings. The molecule has 8 aromatic carbocycles. The lowest BCUT2D eigenvalue weighted by Gasteiger charge is -2.27. The summed E-state index contributed by atoms with van der Waals surface area (Å²) in [6, 6.07) is 63.7. The first-order valence-electron chi connectivity index (χ1n) is 15.5. The van der Waals surface area contributed by atoms with Crippen molar-refractivity contribution in [3.05, 3.63) is 176 Å². The monoisotopic (exact) mass is 571 g/mol. The van der Waals surface area contributed by atoms with Crippen LogP contribution in [0.1, 0.15) is 0 Å². The Morgan fingerprint density at radius 1 is 0.289 bits per heavy atom. The number of anilines is 3. The first kappa shape index (κ1) is 25.6. The van der Waals surface area contributed by atoms with Gasteiger partial charge in [-0.1, -0.05) is 146 Å². The van der Waals surface area contributed by atoms with Crippen LogP contribution in [0.5, 0.6) is 0 Å². The molecule has 0 bridgehead atoms. The van der Waals surface area contributed by atoms with Crippen LogP contribution in [-0.2, 0) is 0 Å². The smallest absolute Gasteiger partial charge is 0.0540 e. The Bertz CT molecular complexity index is 2210. The number of rotatable bonds is 5. The van der Waals surface area contributed by atoms with Gasteiger partial charge in [0.1, 0.15) is 0 Å². The lowest BCUT2D eigenvalue weighted by atomic mass is 9.82. The highest BCUT2D eigenvalue weighted by atomic mass is 15.1. The highest BCUT2D eigenvalue weighted by Gasteiger charge is 2.31. The molecule has 1 heteroatoms. The minimum absolute atomic E-state index is 1.14. The van der Waals surface area contributed by atoms with Crippen molar-refractivity contribution in [1.29, 1.82) is 0 Å². The standard InChI is InChI=1S/C44H29N/c1-5-16-30(17-6-1)40-34-24-13-14-25-35(34)41(31-18-7-2-8-19-31)44-38-28-29-39(36-26-15-27-37(42(36)38)43(40)44)45(32-20-9-3-10-21-32)33-22-11-4-12-23-33/h1-29H. The van der Waals surface area contributed by atoms with Gasteiger partial charge in [-0.15, -0.1) is 0 Å². The van der Waals surface area contributed by atoms with Crippen molar-refractivity contribution in [2.75, 3.05) is 4.90 Å². The van der Waals surface area contributed by atoms with Crippen molar-refractivity contribution < 1.29 is 0 Å². The summed E-state index contributed by atoms with van der Waals surface area (Å²) < 4.78 is 0. The predicted octanol–water partition coefficient (Wildman–Crippen LogP) is 12.4. The molecule has 210 valence electrons. The normalized spacial score (nSPS) is 11.6. The van der Waals surface area contributed by atoms with Crippen LogP contribution in [-0.4, -0.2) is 0 Å². The SMILES string of the molecule is c1ccc(-c2c3c(c(-c4ccccc4)c4ccccc24)-c2ccc(N(c4ccccc4)c4ccccc4)c4cccc-3c24)cc1. The van der Waals surface area contributed by atoms with Gasteiger partial charge in [0.25, 0.3) is 0 Å². The Morgan fingerprint density at radius 3 is 1.22 bits per heavy atom. The van der Waals surface area contributed by atoms with Crippen LogP contribution in [0.15, 0.2) is 176 Å².